The lowest BCUT2D eigenvalue weighted by Crippen LogP contribution is -2.00. The molecule has 52 valence electrons. The monoisotopic (exact) mass is 138 g/mol. The molecule has 0 radical (unpaired) electrons. The fourth-order valence-corrected chi connectivity index (χ4v) is 1.14. The summed E-state index contributed by atoms with van der Waals surface area (Å²) >= 11 is 0. The zero-order valence-corrected chi connectivity index (χ0v) is 5.39. The first-order valence-electron chi connectivity index (χ1n) is 3.20. The molecule has 1 aromatic rings. The molecule has 0 atom stereocenters. The summed E-state index contributed by atoms with van der Waals surface area (Å²) in [5, 5.41) is 3.09. The summed E-state index contributed by atoms with van der Waals surface area (Å²) in [4.78, 5) is 3.92. The minimum Gasteiger partial charge on any atom is -0.307 e. The van der Waals surface area contributed by atoms with Gasteiger partial charge in [0.15, 0.2) is 0 Å². The highest BCUT2D eigenvalue weighted by Crippen LogP contribution is 2.12. The lowest BCUT2D eigenvalue weighted by Gasteiger charge is -1.93. The van der Waals surface area contributed by atoms with Crippen LogP contribution in [0.15, 0.2) is 12.3 Å². The van der Waals surface area contributed by atoms with Crippen LogP contribution in [0.4, 0.5) is 4.39 Å². The maximum atomic E-state index is 12.5. The normalized spacial score (nSPS) is 15.3. The van der Waals surface area contributed by atoms with Crippen LogP contribution in [0, 0.1) is 5.82 Å². The third-order valence-corrected chi connectivity index (χ3v) is 1.63. The molecule has 0 aromatic carbocycles. The number of nitrogens with one attached hydrogen (secondary N) is 1. The van der Waals surface area contributed by atoms with Crippen molar-refractivity contribution in [3.63, 3.8) is 0 Å². The number of halogens is 1. The summed E-state index contributed by atoms with van der Waals surface area (Å²) < 4.78 is 12.5. The van der Waals surface area contributed by atoms with E-state index in [-0.39, 0.29) is 5.82 Å². The molecule has 0 aliphatic carbocycles. The number of aromatic nitrogens is 1. The Balaban J connectivity index is 2.52. The van der Waals surface area contributed by atoms with Crippen molar-refractivity contribution in [2.45, 2.75) is 13.1 Å². The summed E-state index contributed by atoms with van der Waals surface area (Å²) in [6.07, 6.45) is 1.26. The van der Waals surface area contributed by atoms with E-state index in [1.165, 1.54) is 12.3 Å². The molecular weight excluding hydrogens is 131 g/mol. The van der Waals surface area contributed by atoms with Crippen LogP contribution in [0.1, 0.15) is 11.3 Å². The van der Waals surface area contributed by atoms with Gasteiger partial charge in [-0.05, 0) is 11.6 Å². The van der Waals surface area contributed by atoms with E-state index in [0.29, 0.717) is 0 Å². The highest BCUT2D eigenvalue weighted by Gasteiger charge is 2.10. The van der Waals surface area contributed by atoms with Crippen molar-refractivity contribution in [1.82, 2.24) is 10.3 Å². The molecule has 10 heavy (non-hydrogen) atoms. The van der Waals surface area contributed by atoms with Crippen LogP contribution in [-0.4, -0.2) is 4.98 Å². The van der Waals surface area contributed by atoms with E-state index in [1.54, 1.807) is 0 Å². The van der Waals surface area contributed by atoms with Gasteiger partial charge in [0, 0.05) is 13.1 Å². The Morgan fingerprint density at radius 1 is 1.50 bits per heavy atom. The number of fused-ring (bicyclic) bond motifs is 1. The van der Waals surface area contributed by atoms with Crippen LogP contribution in [0.2, 0.25) is 0 Å². The van der Waals surface area contributed by atoms with E-state index >= 15 is 0 Å². The van der Waals surface area contributed by atoms with Crippen LogP contribution in [0.25, 0.3) is 0 Å². The molecule has 0 spiro atoms. The Bertz CT molecular complexity index is 260. The van der Waals surface area contributed by atoms with Gasteiger partial charge in [-0.15, -0.1) is 0 Å². The number of hydrogen-bond acceptors (Lipinski definition) is 2. The highest BCUT2D eigenvalue weighted by molar-refractivity contribution is 5.23. The fraction of sp³-hybridized carbons (Fsp3) is 0.286. The molecule has 0 unspecified atom stereocenters. The Kier molecular flexibility index (Phi) is 1.17. The SMILES string of the molecule is Fc1cnc2c(c1)CNC2. The molecule has 1 aliphatic rings. The van der Waals surface area contributed by atoms with E-state index in [1.807, 2.05) is 0 Å². The van der Waals surface area contributed by atoms with Crippen molar-refractivity contribution in [1.29, 1.82) is 0 Å². The molecule has 2 rings (SSSR count). The quantitative estimate of drug-likeness (QED) is 0.574. The number of rotatable bonds is 0. The summed E-state index contributed by atoms with van der Waals surface area (Å²) in [6.45, 7) is 1.52. The minimum atomic E-state index is -0.248. The predicted octanol–water partition coefficient (Wildman–Crippen LogP) is 0.824. The van der Waals surface area contributed by atoms with Gasteiger partial charge in [-0.25, -0.2) is 4.39 Å². The maximum absolute atomic E-state index is 12.5. The van der Waals surface area contributed by atoms with Gasteiger partial charge in [-0.1, -0.05) is 0 Å². The molecule has 0 fully saturated rings. The van der Waals surface area contributed by atoms with Gasteiger partial charge < -0.3 is 5.32 Å². The van der Waals surface area contributed by atoms with Crippen molar-refractivity contribution in [2.75, 3.05) is 0 Å². The van der Waals surface area contributed by atoms with Crippen LogP contribution in [0.5, 0.6) is 0 Å². The number of hydrogen-bond donors (Lipinski definition) is 1. The van der Waals surface area contributed by atoms with Crippen molar-refractivity contribution in [3.05, 3.63) is 29.3 Å². The maximum Gasteiger partial charge on any atom is 0.141 e. The van der Waals surface area contributed by atoms with E-state index in [4.69, 9.17) is 0 Å². The van der Waals surface area contributed by atoms with Crippen molar-refractivity contribution in [2.24, 2.45) is 0 Å². The molecule has 0 saturated heterocycles. The van der Waals surface area contributed by atoms with Gasteiger partial charge >= 0.3 is 0 Å². The highest BCUT2D eigenvalue weighted by atomic mass is 19.1. The van der Waals surface area contributed by atoms with Gasteiger partial charge in [0.2, 0.25) is 0 Å². The molecule has 1 aromatic heterocycles. The van der Waals surface area contributed by atoms with Crippen molar-refractivity contribution in [3.8, 4) is 0 Å². The summed E-state index contributed by atoms with van der Waals surface area (Å²) in [7, 11) is 0. The number of pyridine rings is 1. The van der Waals surface area contributed by atoms with Gasteiger partial charge in [-0.2, -0.15) is 0 Å². The smallest absolute Gasteiger partial charge is 0.141 e. The molecule has 0 saturated carbocycles. The van der Waals surface area contributed by atoms with Crippen molar-refractivity contribution < 1.29 is 4.39 Å². The minimum absolute atomic E-state index is 0.248. The lowest BCUT2D eigenvalue weighted by molar-refractivity contribution is 0.618. The largest absolute Gasteiger partial charge is 0.307 e. The van der Waals surface area contributed by atoms with Gasteiger partial charge in [0.25, 0.3) is 0 Å². The standard InChI is InChI=1S/C7H7FN2/c8-6-1-5-2-9-4-7(5)10-3-6/h1,3,9H,2,4H2. The summed E-state index contributed by atoms with van der Waals surface area (Å²) in [5.74, 6) is -0.248. The van der Waals surface area contributed by atoms with Gasteiger partial charge in [0.1, 0.15) is 5.82 Å². The lowest BCUT2D eigenvalue weighted by atomic mass is 10.2. The molecule has 1 aliphatic heterocycles. The first kappa shape index (κ1) is 5.80. The molecular formula is C7H7FN2. The second-order valence-corrected chi connectivity index (χ2v) is 2.36. The molecule has 3 heteroatoms. The third-order valence-electron chi connectivity index (χ3n) is 1.63. The van der Waals surface area contributed by atoms with E-state index in [2.05, 4.69) is 10.3 Å². The zero-order valence-electron chi connectivity index (χ0n) is 5.39. The molecule has 1 N–H and O–H groups in total. The van der Waals surface area contributed by atoms with Gasteiger partial charge in [-0.3, -0.25) is 4.98 Å². The third kappa shape index (κ3) is 0.789. The summed E-state index contributed by atoms with van der Waals surface area (Å²) in [6, 6.07) is 1.53. The van der Waals surface area contributed by atoms with Crippen molar-refractivity contribution >= 4 is 0 Å². The Morgan fingerprint density at radius 2 is 2.40 bits per heavy atom. The molecule has 0 bridgehead atoms. The Hall–Kier alpha value is -0.960. The summed E-state index contributed by atoms with van der Waals surface area (Å²) in [5.41, 5.74) is 1.96. The topological polar surface area (TPSA) is 24.9 Å². The molecule has 2 nitrogen and oxygen atoms in total. The predicted molar refractivity (Wildman–Crippen MR) is 34.7 cm³/mol. The van der Waals surface area contributed by atoms with Crippen LogP contribution >= 0.6 is 0 Å². The molecule has 2 heterocycles. The average Bonchev–Trinajstić information content (AvgIpc) is 2.33. The molecule has 0 amide bonds. The second kappa shape index (κ2) is 2.02. The van der Waals surface area contributed by atoms with E-state index in [0.717, 1.165) is 24.3 Å². The van der Waals surface area contributed by atoms with Crippen LogP contribution in [-0.2, 0) is 13.1 Å². The van der Waals surface area contributed by atoms with Crippen LogP contribution < -0.4 is 5.32 Å². The van der Waals surface area contributed by atoms with Crippen LogP contribution in [0.3, 0.4) is 0 Å². The first-order valence-corrected chi connectivity index (χ1v) is 3.20. The fourth-order valence-electron chi connectivity index (χ4n) is 1.14. The number of nitrogens with zero attached hydrogens (tertiary/aromatic N) is 1. The average molecular weight is 138 g/mol. The second-order valence-electron chi connectivity index (χ2n) is 2.36. The van der Waals surface area contributed by atoms with E-state index in [9.17, 15) is 4.39 Å². The first-order chi connectivity index (χ1) is 4.86. The van der Waals surface area contributed by atoms with Gasteiger partial charge in [0.05, 0.1) is 11.9 Å². The Morgan fingerprint density at radius 3 is 3.30 bits per heavy atom. The Labute approximate surface area is 58.1 Å². The zero-order chi connectivity index (χ0) is 6.97. The van der Waals surface area contributed by atoms with E-state index < -0.39 is 0 Å².